The number of rotatable bonds is 6. The van der Waals surface area contributed by atoms with E-state index in [1.165, 1.54) is 0 Å². The van der Waals surface area contributed by atoms with E-state index in [2.05, 4.69) is 25.8 Å². The molecule has 136 valence electrons. The van der Waals surface area contributed by atoms with Gasteiger partial charge in [-0.3, -0.25) is 0 Å². The molecule has 7 nitrogen and oxygen atoms in total. The molecule has 0 spiro atoms. The van der Waals surface area contributed by atoms with Gasteiger partial charge in [0.25, 0.3) is 0 Å². The summed E-state index contributed by atoms with van der Waals surface area (Å²) in [6.07, 6.45) is 0. The van der Waals surface area contributed by atoms with Gasteiger partial charge in [0.1, 0.15) is 11.6 Å². The van der Waals surface area contributed by atoms with Crippen LogP contribution in [0.4, 0.5) is 17.5 Å². The molecule has 4 aromatic rings. The highest BCUT2D eigenvalue weighted by molar-refractivity contribution is 5.84. The number of hydrogen-bond acceptors (Lipinski definition) is 7. The number of fused-ring (bicyclic) bond motifs is 1. The van der Waals surface area contributed by atoms with Crippen molar-refractivity contribution in [2.45, 2.75) is 13.5 Å². The number of pyridine rings is 1. The molecule has 0 bridgehead atoms. The Morgan fingerprint density at radius 3 is 2.74 bits per heavy atom. The zero-order chi connectivity index (χ0) is 18.6. The minimum atomic E-state index is 0.370. The van der Waals surface area contributed by atoms with Crippen molar-refractivity contribution in [2.75, 3.05) is 17.7 Å². The van der Waals surface area contributed by atoms with Crippen molar-refractivity contribution < 1.29 is 9.26 Å². The molecule has 0 fully saturated rings. The standard InChI is InChI=1S/C20H19N5O2/c1-13-22-20(27-25-13)23-16-8-9-17-14(11-16)7-10-19(24-17)21-12-15-5-3-4-6-18(15)26-2/h3-11H,12H2,1-2H3,(H,21,24)(H,22,23,25). The zero-order valence-electron chi connectivity index (χ0n) is 15.1. The Labute approximate surface area is 156 Å². The summed E-state index contributed by atoms with van der Waals surface area (Å²) in [4.78, 5) is 8.81. The third kappa shape index (κ3) is 3.82. The molecule has 0 aliphatic rings. The van der Waals surface area contributed by atoms with Crippen LogP contribution in [0.1, 0.15) is 11.4 Å². The highest BCUT2D eigenvalue weighted by Gasteiger charge is 2.06. The summed E-state index contributed by atoms with van der Waals surface area (Å²) in [7, 11) is 1.67. The Kier molecular flexibility index (Phi) is 4.57. The number of benzene rings is 2. The van der Waals surface area contributed by atoms with Crippen LogP contribution in [0.25, 0.3) is 10.9 Å². The lowest BCUT2D eigenvalue weighted by atomic mass is 10.2. The first-order valence-electron chi connectivity index (χ1n) is 8.55. The highest BCUT2D eigenvalue weighted by Crippen LogP contribution is 2.23. The minimum Gasteiger partial charge on any atom is -0.496 e. The summed E-state index contributed by atoms with van der Waals surface area (Å²) < 4.78 is 10.5. The maximum absolute atomic E-state index is 5.38. The van der Waals surface area contributed by atoms with Gasteiger partial charge < -0.3 is 19.9 Å². The number of aromatic nitrogens is 3. The van der Waals surface area contributed by atoms with E-state index in [9.17, 15) is 0 Å². The fourth-order valence-electron chi connectivity index (χ4n) is 2.81. The number of aryl methyl sites for hydroxylation is 1. The number of nitrogens with zero attached hydrogens (tertiary/aromatic N) is 3. The molecule has 7 heteroatoms. The molecule has 0 aliphatic carbocycles. The van der Waals surface area contributed by atoms with Crippen molar-refractivity contribution >= 4 is 28.4 Å². The van der Waals surface area contributed by atoms with E-state index < -0.39 is 0 Å². The Morgan fingerprint density at radius 1 is 1.04 bits per heavy atom. The molecule has 2 N–H and O–H groups in total. The molecule has 2 heterocycles. The van der Waals surface area contributed by atoms with E-state index in [1.54, 1.807) is 14.0 Å². The second-order valence-corrected chi connectivity index (χ2v) is 6.04. The van der Waals surface area contributed by atoms with Crippen LogP contribution < -0.4 is 15.4 Å². The minimum absolute atomic E-state index is 0.370. The van der Waals surface area contributed by atoms with Crippen molar-refractivity contribution in [1.82, 2.24) is 15.1 Å². The van der Waals surface area contributed by atoms with Crippen molar-refractivity contribution in [2.24, 2.45) is 0 Å². The van der Waals surface area contributed by atoms with Crippen LogP contribution >= 0.6 is 0 Å². The van der Waals surface area contributed by atoms with Crippen molar-refractivity contribution in [3.8, 4) is 5.75 Å². The van der Waals surface area contributed by atoms with Crippen molar-refractivity contribution in [3.63, 3.8) is 0 Å². The van der Waals surface area contributed by atoms with Crippen LogP contribution in [0.5, 0.6) is 5.75 Å². The van der Waals surface area contributed by atoms with Crippen LogP contribution in [0, 0.1) is 6.92 Å². The van der Waals surface area contributed by atoms with Crippen LogP contribution in [0.3, 0.4) is 0 Å². The van der Waals surface area contributed by atoms with E-state index >= 15 is 0 Å². The first-order chi connectivity index (χ1) is 13.2. The van der Waals surface area contributed by atoms with Gasteiger partial charge >= 0.3 is 6.01 Å². The summed E-state index contributed by atoms with van der Waals surface area (Å²) >= 11 is 0. The van der Waals surface area contributed by atoms with Crippen molar-refractivity contribution in [3.05, 3.63) is 66.0 Å². The maximum Gasteiger partial charge on any atom is 0.325 e. The number of methoxy groups -OCH3 is 1. The monoisotopic (exact) mass is 361 g/mol. The van der Waals surface area contributed by atoms with Gasteiger partial charge in [-0.15, -0.1) is 0 Å². The fraction of sp³-hybridized carbons (Fsp3) is 0.150. The molecule has 0 saturated carbocycles. The first kappa shape index (κ1) is 16.8. The highest BCUT2D eigenvalue weighted by atomic mass is 16.5. The predicted molar refractivity (Wildman–Crippen MR) is 104 cm³/mol. The molecule has 0 unspecified atom stereocenters. The third-order valence-electron chi connectivity index (χ3n) is 4.12. The number of hydrogen-bond donors (Lipinski definition) is 2. The third-order valence-corrected chi connectivity index (χ3v) is 4.12. The smallest absolute Gasteiger partial charge is 0.325 e. The van der Waals surface area contributed by atoms with Gasteiger partial charge in [0.05, 0.1) is 12.6 Å². The van der Waals surface area contributed by atoms with Crippen LogP contribution in [0.15, 0.2) is 59.1 Å². The summed E-state index contributed by atoms with van der Waals surface area (Å²) in [6.45, 7) is 2.41. The largest absolute Gasteiger partial charge is 0.496 e. The average Bonchev–Trinajstić information content (AvgIpc) is 3.11. The molecular formula is C20H19N5O2. The Balaban J connectivity index is 1.50. The van der Waals surface area contributed by atoms with E-state index in [-0.39, 0.29) is 0 Å². The van der Waals surface area contributed by atoms with Crippen molar-refractivity contribution in [1.29, 1.82) is 0 Å². The SMILES string of the molecule is COc1ccccc1CNc1ccc2cc(Nc3nc(C)no3)ccc2n1. The number of anilines is 3. The van der Waals surface area contributed by atoms with Gasteiger partial charge in [-0.25, -0.2) is 4.98 Å². The van der Waals surface area contributed by atoms with Gasteiger partial charge in [0.15, 0.2) is 5.82 Å². The predicted octanol–water partition coefficient (Wildman–Crippen LogP) is 4.29. The molecule has 0 amide bonds. The molecule has 2 aromatic heterocycles. The lowest BCUT2D eigenvalue weighted by Crippen LogP contribution is -2.03. The molecule has 0 radical (unpaired) electrons. The van der Waals surface area contributed by atoms with E-state index in [0.717, 1.165) is 33.7 Å². The summed E-state index contributed by atoms with van der Waals surface area (Å²) in [5, 5.41) is 11.2. The van der Waals surface area contributed by atoms with E-state index in [4.69, 9.17) is 9.26 Å². The van der Waals surface area contributed by atoms with Crippen LogP contribution in [-0.2, 0) is 6.54 Å². The number of nitrogens with one attached hydrogen (secondary N) is 2. The molecule has 27 heavy (non-hydrogen) atoms. The lowest BCUT2D eigenvalue weighted by molar-refractivity contribution is 0.410. The normalized spacial score (nSPS) is 10.7. The topological polar surface area (TPSA) is 85.1 Å². The zero-order valence-corrected chi connectivity index (χ0v) is 15.1. The van der Waals surface area contributed by atoms with E-state index in [1.807, 2.05) is 54.6 Å². The molecule has 0 aliphatic heterocycles. The van der Waals surface area contributed by atoms with Gasteiger partial charge in [-0.2, -0.15) is 4.98 Å². The van der Waals surface area contributed by atoms with Gasteiger partial charge in [0, 0.05) is 23.2 Å². The molecular weight excluding hydrogens is 342 g/mol. The lowest BCUT2D eigenvalue weighted by Gasteiger charge is -2.10. The average molecular weight is 361 g/mol. The van der Waals surface area contributed by atoms with Crippen LogP contribution in [-0.4, -0.2) is 22.2 Å². The fourth-order valence-corrected chi connectivity index (χ4v) is 2.81. The van der Waals surface area contributed by atoms with Gasteiger partial charge in [-0.1, -0.05) is 23.4 Å². The van der Waals surface area contributed by atoms with Gasteiger partial charge in [-0.05, 0) is 43.3 Å². The van der Waals surface area contributed by atoms with Crippen LogP contribution in [0.2, 0.25) is 0 Å². The maximum atomic E-state index is 5.38. The van der Waals surface area contributed by atoms with E-state index in [0.29, 0.717) is 18.4 Å². The molecule has 2 aromatic carbocycles. The molecule has 0 saturated heterocycles. The Morgan fingerprint density at radius 2 is 1.93 bits per heavy atom. The quantitative estimate of drug-likeness (QED) is 0.530. The summed E-state index contributed by atoms with van der Waals surface area (Å²) in [5.41, 5.74) is 2.84. The summed E-state index contributed by atoms with van der Waals surface area (Å²) in [6, 6.07) is 18.2. The molecule has 4 rings (SSSR count). The number of para-hydroxylation sites is 1. The second kappa shape index (κ2) is 7.33. The Hall–Kier alpha value is -3.61. The first-order valence-corrected chi connectivity index (χ1v) is 8.55. The Bertz CT molecular complexity index is 1080. The molecule has 0 atom stereocenters. The second-order valence-electron chi connectivity index (χ2n) is 6.04. The number of ether oxygens (including phenoxy) is 1. The van der Waals surface area contributed by atoms with Gasteiger partial charge in [0.2, 0.25) is 0 Å². The summed E-state index contributed by atoms with van der Waals surface area (Å²) in [5.74, 6) is 2.25.